The van der Waals surface area contributed by atoms with Gasteiger partial charge in [-0.3, -0.25) is 0 Å². The molecule has 0 aliphatic rings. The molecule has 4 heteroatoms. The predicted molar refractivity (Wildman–Crippen MR) is 75.8 cm³/mol. The molecule has 0 amide bonds. The Morgan fingerprint density at radius 1 is 1.16 bits per heavy atom. The van der Waals surface area contributed by atoms with Gasteiger partial charge < -0.3 is 9.88 Å². The standard InChI is InChI=1S/C15H14FN3/c1-19(2)15-6-3-10(8-18-15)13-9-17-14-7-11(16)4-5-12(13)14/h3-9,17H,1-2H3. The highest BCUT2D eigenvalue weighted by atomic mass is 19.1. The van der Waals surface area contributed by atoms with Crippen LogP contribution in [0.2, 0.25) is 0 Å². The lowest BCUT2D eigenvalue weighted by atomic mass is 10.1. The highest BCUT2D eigenvalue weighted by Gasteiger charge is 2.07. The van der Waals surface area contributed by atoms with E-state index in [1.54, 1.807) is 6.07 Å². The summed E-state index contributed by atoms with van der Waals surface area (Å²) in [5.41, 5.74) is 2.85. The number of hydrogen-bond acceptors (Lipinski definition) is 2. The Kier molecular flexibility index (Phi) is 2.71. The number of pyridine rings is 1. The second-order valence-electron chi connectivity index (χ2n) is 4.69. The first-order chi connectivity index (χ1) is 9.15. The van der Waals surface area contributed by atoms with Gasteiger partial charge in [-0.2, -0.15) is 0 Å². The van der Waals surface area contributed by atoms with E-state index in [4.69, 9.17) is 0 Å². The van der Waals surface area contributed by atoms with Crippen LogP contribution in [0.5, 0.6) is 0 Å². The van der Waals surface area contributed by atoms with Crippen molar-refractivity contribution in [2.24, 2.45) is 0 Å². The van der Waals surface area contributed by atoms with Crippen molar-refractivity contribution in [2.75, 3.05) is 19.0 Å². The van der Waals surface area contributed by atoms with Crippen LogP contribution in [0.25, 0.3) is 22.0 Å². The van der Waals surface area contributed by atoms with Gasteiger partial charge in [0.15, 0.2) is 0 Å². The van der Waals surface area contributed by atoms with Gasteiger partial charge >= 0.3 is 0 Å². The van der Waals surface area contributed by atoms with Crippen LogP contribution < -0.4 is 4.90 Å². The molecule has 1 N–H and O–H groups in total. The van der Waals surface area contributed by atoms with Crippen LogP contribution in [0, 0.1) is 5.82 Å². The summed E-state index contributed by atoms with van der Waals surface area (Å²) in [6.45, 7) is 0. The minimum absolute atomic E-state index is 0.234. The summed E-state index contributed by atoms with van der Waals surface area (Å²) in [6.07, 6.45) is 3.72. The van der Waals surface area contributed by atoms with Crippen molar-refractivity contribution in [1.82, 2.24) is 9.97 Å². The summed E-state index contributed by atoms with van der Waals surface area (Å²) in [5, 5.41) is 1.00. The molecule has 0 fully saturated rings. The molecule has 3 aromatic rings. The monoisotopic (exact) mass is 255 g/mol. The lowest BCUT2D eigenvalue weighted by molar-refractivity contribution is 0.629. The summed E-state index contributed by atoms with van der Waals surface area (Å²) in [4.78, 5) is 9.44. The van der Waals surface area contributed by atoms with E-state index in [1.807, 2.05) is 43.5 Å². The summed E-state index contributed by atoms with van der Waals surface area (Å²) in [5.74, 6) is 0.677. The molecule has 1 aromatic carbocycles. The Morgan fingerprint density at radius 2 is 2.00 bits per heavy atom. The fourth-order valence-corrected chi connectivity index (χ4v) is 2.15. The van der Waals surface area contributed by atoms with Gasteiger partial charge in [-0.1, -0.05) is 0 Å². The number of fused-ring (bicyclic) bond motifs is 1. The fourth-order valence-electron chi connectivity index (χ4n) is 2.15. The normalized spacial score (nSPS) is 10.9. The van der Waals surface area contributed by atoms with E-state index in [1.165, 1.54) is 12.1 Å². The fraction of sp³-hybridized carbons (Fsp3) is 0.133. The zero-order valence-corrected chi connectivity index (χ0v) is 10.8. The highest BCUT2D eigenvalue weighted by molar-refractivity contribution is 5.95. The number of nitrogens with one attached hydrogen (secondary N) is 1. The van der Waals surface area contributed by atoms with E-state index in [-0.39, 0.29) is 5.82 Å². The molecule has 19 heavy (non-hydrogen) atoms. The number of halogens is 1. The van der Waals surface area contributed by atoms with E-state index >= 15 is 0 Å². The number of rotatable bonds is 2. The third-order valence-electron chi connectivity index (χ3n) is 3.16. The molecule has 0 aliphatic carbocycles. The topological polar surface area (TPSA) is 31.9 Å². The molecular formula is C15H14FN3. The Labute approximate surface area is 110 Å². The number of anilines is 1. The van der Waals surface area contributed by atoms with E-state index in [0.29, 0.717) is 0 Å². The Balaban J connectivity index is 2.09. The minimum atomic E-state index is -0.234. The number of aromatic amines is 1. The van der Waals surface area contributed by atoms with Crippen LogP contribution in [0.4, 0.5) is 10.2 Å². The second kappa shape index (κ2) is 4.39. The van der Waals surface area contributed by atoms with E-state index in [0.717, 1.165) is 27.8 Å². The Morgan fingerprint density at radius 3 is 2.68 bits per heavy atom. The zero-order chi connectivity index (χ0) is 13.4. The molecule has 3 nitrogen and oxygen atoms in total. The van der Waals surface area contributed by atoms with Crippen molar-refractivity contribution in [3.8, 4) is 11.1 Å². The third-order valence-corrected chi connectivity index (χ3v) is 3.16. The smallest absolute Gasteiger partial charge is 0.127 e. The molecule has 2 aromatic heterocycles. The maximum Gasteiger partial charge on any atom is 0.127 e. The van der Waals surface area contributed by atoms with E-state index in [9.17, 15) is 4.39 Å². The van der Waals surface area contributed by atoms with Crippen molar-refractivity contribution in [3.05, 3.63) is 48.5 Å². The van der Waals surface area contributed by atoms with E-state index in [2.05, 4.69) is 9.97 Å². The van der Waals surface area contributed by atoms with Gasteiger partial charge in [0.2, 0.25) is 0 Å². The third kappa shape index (κ3) is 2.05. The van der Waals surface area contributed by atoms with E-state index < -0.39 is 0 Å². The maximum atomic E-state index is 13.2. The zero-order valence-electron chi connectivity index (χ0n) is 10.8. The largest absolute Gasteiger partial charge is 0.363 e. The average molecular weight is 255 g/mol. The van der Waals surface area contributed by atoms with Gasteiger partial charge in [-0.05, 0) is 30.3 Å². The Hall–Kier alpha value is -2.36. The molecule has 0 spiro atoms. The number of nitrogens with zero attached hydrogens (tertiary/aromatic N) is 2. The van der Waals surface area contributed by atoms with Crippen LogP contribution in [-0.2, 0) is 0 Å². The lowest BCUT2D eigenvalue weighted by Crippen LogP contribution is -2.09. The SMILES string of the molecule is CN(C)c1ccc(-c2c[nH]c3cc(F)ccc23)cn1. The minimum Gasteiger partial charge on any atom is -0.363 e. The van der Waals surface area contributed by atoms with Crippen LogP contribution in [0.15, 0.2) is 42.7 Å². The first-order valence-corrected chi connectivity index (χ1v) is 6.05. The van der Waals surface area contributed by atoms with Crippen LogP contribution in [-0.4, -0.2) is 24.1 Å². The van der Waals surface area contributed by atoms with Crippen LogP contribution in [0.1, 0.15) is 0 Å². The number of H-pyrrole nitrogens is 1. The summed E-state index contributed by atoms with van der Waals surface area (Å²) in [6, 6.07) is 8.75. The molecular weight excluding hydrogens is 241 g/mol. The molecule has 0 saturated carbocycles. The van der Waals surface area contributed by atoms with Gasteiger partial charge in [-0.25, -0.2) is 9.37 Å². The molecule has 0 radical (unpaired) electrons. The first-order valence-electron chi connectivity index (χ1n) is 6.05. The number of aromatic nitrogens is 2. The summed E-state index contributed by atoms with van der Waals surface area (Å²) < 4.78 is 13.2. The lowest BCUT2D eigenvalue weighted by Gasteiger charge is -2.11. The van der Waals surface area contributed by atoms with Crippen molar-refractivity contribution in [2.45, 2.75) is 0 Å². The van der Waals surface area contributed by atoms with Gasteiger partial charge in [0, 0.05) is 48.5 Å². The van der Waals surface area contributed by atoms with Crippen molar-refractivity contribution >= 4 is 16.7 Å². The summed E-state index contributed by atoms with van der Waals surface area (Å²) >= 11 is 0. The van der Waals surface area contributed by atoms with Gasteiger partial charge in [0.25, 0.3) is 0 Å². The Bertz CT molecular complexity index is 714. The van der Waals surface area contributed by atoms with Gasteiger partial charge in [-0.15, -0.1) is 0 Å². The van der Waals surface area contributed by atoms with Crippen LogP contribution in [0.3, 0.4) is 0 Å². The van der Waals surface area contributed by atoms with Crippen LogP contribution >= 0.6 is 0 Å². The average Bonchev–Trinajstić information content (AvgIpc) is 2.81. The number of benzene rings is 1. The number of hydrogen-bond donors (Lipinski definition) is 1. The van der Waals surface area contributed by atoms with Crippen molar-refractivity contribution < 1.29 is 4.39 Å². The van der Waals surface area contributed by atoms with Gasteiger partial charge in [0.1, 0.15) is 11.6 Å². The highest BCUT2D eigenvalue weighted by Crippen LogP contribution is 2.29. The molecule has 0 aliphatic heterocycles. The quantitative estimate of drug-likeness (QED) is 0.760. The van der Waals surface area contributed by atoms with Crippen molar-refractivity contribution in [1.29, 1.82) is 0 Å². The molecule has 0 unspecified atom stereocenters. The first kappa shape index (κ1) is 11.7. The molecule has 96 valence electrons. The summed E-state index contributed by atoms with van der Waals surface area (Å²) in [7, 11) is 3.91. The molecule has 2 heterocycles. The molecule has 0 atom stereocenters. The van der Waals surface area contributed by atoms with Gasteiger partial charge in [0.05, 0.1) is 0 Å². The second-order valence-corrected chi connectivity index (χ2v) is 4.69. The maximum absolute atomic E-state index is 13.2. The van der Waals surface area contributed by atoms with Crippen molar-refractivity contribution in [3.63, 3.8) is 0 Å². The molecule has 0 bridgehead atoms. The molecule has 0 saturated heterocycles. The molecule has 3 rings (SSSR count). The predicted octanol–water partition coefficient (Wildman–Crippen LogP) is 3.44.